The molecule has 3 heterocycles. The molecule has 50 heavy (non-hydrogen) atoms. The Morgan fingerprint density at radius 2 is 1.16 bits per heavy atom. The van der Waals surface area contributed by atoms with Crippen molar-refractivity contribution in [2.45, 2.75) is 0 Å². The maximum absolute atomic E-state index is 6.29. The Morgan fingerprint density at radius 3 is 2.08 bits per heavy atom. The summed E-state index contributed by atoms with van der Waals surface area (Å²) in [6.07, 6.45) is 0. The van der Waals surface area contributed by atoms with Gasteiger partial charge in [-0.15, -0.1) is 11.3 Å². The summed E-state index contributed by atoms with van der Waals surface area (Å²) < 4.78 is 11.3. The van der Waals surface area contributed by atoms with Crippen molar-refractivity contribution in [1.29, 1.82) is 0 Å². The van der Waals surface area contributed by atoms with Crippen molar-refractivity contribution in [3.05, 3.63) is 170 Å². The van der Waals surface area contributed by atoms with Crippen molar-refractivity contribution >= 4 is 103 Å². The molecule has 0 saturated carbocycles. The molecule has 0 radical (unpaired) electrons. The van der Waals surface area contributed by atoms with E-state index in [-0.39, 0.29) is 0 Å². The summed E-state index contributed by atoms with van der Waals surface area (Å²) in [7, 11) is 0. The first-order valence-electron chi connectivity index (χ1n) is 16.9. The highest BCUT2D eigenvalue weighted by molar-refractivity contribution is 7.25. The lowest BCUT2D eigenvalue weighted by atomic mass is 10.0. The average Bonchev–Trinajstić information content (AvgIpc) is 3.84. The van der Waals surface area contributed by atoms with Gasteiger partial charge in [-0.05, 0) is 89.6 Å². The van der Waals surface area contributed by atoms with Gasteiger partial charge in [0.25, 0.3) is 0 Å². The number of aromatic nitrogens is 1. The molecule has 0 amide bonds. The third kappa shape index (κ3) is 4.03. The molecule has 11 aromatic rings. The molecule has 0 fully saturated rings. The summed E-state index contributed by atoms with van der Waals surface area (Å²) >= 11 is 1.86. The van der Waals surface area contributed by atoms with Crippen LogP contribution in [0.1, 0.15) is 0 Å². The lowest BCUT2D eigenvalue weighted by Crippen LogP contribution is -2.11. The molecule has 0 bridgehead atoms. The topological polar surface area (TPSA) is 21.3 Å². The number of rotatable bonds is 4. The van der Waals surface area contributed by atoms with E-state index < -0.39 is 0 Å². The summed E-state index contributed by atoms with van der Waals surface area (Å²) in [4.78, 5) is 2.43. The first kappa shape index (κ1) is 27.6. The highest BCUT2D eigenvalue weighted by Crippen LogP contribution is 2.46. The van der Waals surface area contributed by atoms with Gasteiger partial charge in [0.2, 0.25) is 0 Å². The standard InChI is InChI=1S/C46H28N2OS/c1-2-11-31(12-3-1)48-40-17-7-4-13-34(40)37-16-10-18-41(46(37)48)47(33-23-24-43-38(28-33)35-14-5-8-19-42(35)49-43)32-22-21-29-27-45-39(26-30(29)25-32)36-15-6-9-20-44(36)50-45/h1-28H. The Labute approximate surface area is 291 Å². The molecule has 0 aliphatic heterocycles. The number of benzene rings is 8. The van der Waals surface area contributed by atoms with Crippen LogP contribution in [0.2, 0.25) is 0 Å². The van der Waals surface area contributed by atoms with Gasteiger partial charge in [-0.1, -0.05) is 91.0 Å². The van der Waals surface area contributed by atoms with Gasteiger partial charge in [-0.2, -0.15) is 0 Å². The molecule has 0 spiro atoms. The Morgan fingerprint density at radius 1 is 0.440 bits per heavy atom. The highest BCUT2D eigenvalue weighted by Gasteiger charge is 2.22. The predicted octanol–water partition coefficient (Wildman–Crippen LogP) is 13.7. The SMILES string of the molecule is c1ccc(-n2c3ccccc3c3cccc(N(c4ccc5cc6sc7ccccc7c6cc5c4)c4ccc5oc6ccccc6c5c4)c32)cc1. The van der Waals surface area contributed by atoms with Crippen molar-refractivity contribution < 1.29 is 4.42 Å². The van der Waals surface area contributed by atoms with Crippen molar-refractivity contribution in [1.82, 2.24) is 4.57 Å². The molecule has 3 aromatic heterocycles. The normalized spacial score (nSPS) is 12.0. The van der Waals surface area contributed by atoms with Gasteiger partial charge >= 0.3 is 0 Å². The first-order valence-corrected chi connectivity index (χ1v) is 17.7. The molecule has 0 aliphatic carbocycles. The summed E-state index contributed by atoms with van der Waals surface area (Å²) in [5, 5.41) is 9.74. The number of fused-ring (bicyclic) bond motifs is 10. The van der Waals surface area contributed by atoms with Crippen molar-refractivity contribution in [2.75, 3.05) is 4.90 Å². The Kier molecular flexibility index (Phi) is 5.83. The zero-order chi connectivity index (χ0) is 32.8. The molecule has 4 heteroatoms. The van der Waals surface area contributed by atoms with Gasteiger partial charge in [-0.3, -0.25) is 0 Å². The van der Waals surface area contributed by atoms with Crippen LogP contribution in [0.15, 0.2) is 174 Å². The fourth-order valence-electron chi connectivity index (χ4n) is 7.90. The van der Waals surface area contributed by atoms with Crippen LogP contribution >= 0.6 is 11.3 Å². The van der Waals surface area contributed by atoms with Gasteiger partial charge in [0, 0.05) is 58.8 Å². The number of nitrogens with zero attached hydrogens (tertiary/aromatic N) is 2. The third-order valence-electron chi connectivity index (χ3n) is 10.1. The molecule has 0 N–H and O–H groups in total. The van der Waals surface area contributed by atoms with Crippen LogP contribution in [0.4, 0.5) is 17.1 Å². The minimum absolute atomic E-state index is 0.886. The molecule has 11 rings (SSSR count). The van der Waals surface area contributed by atoms with Crippen LogP contribution in [0.3, 0.4) is 0 Å². The van der Waals surface area contributed by atoms with Crippen LogP contribution in [0.25, 0.3) is 80.4 Å². The van der Waals surface area contributed by atoms with E-state index in [9.17, 15) is 0 Å². The van der Waals surface area contributed by atoms with Gasteiger partial charge in [-0.25, -0.2) is 0 Å². The molecular weight excluding hydrogens is 629 g/mol. The second kappa shape index (κ2) is 10.6. The van der Waals surface area contributed by atoms with Crippen molar-refractivity contribution in [3.63, 3.8) is 0 Å². The van der Waals surface area contributed by atoms with E-state index in [1.807, 2.05) is 23.5 Å². The predicted molar refractivity (Wildman–Crippen MR) is 213 cm³/mol. The van der Waals surface area contributed by atoms with E-state index in [0.29, 0.717) is 0 Å². The van der Waals surface area contributed by atoms with E-state index in [1.54, 1.807) is 0 Å². The van der Waals surface area contributed by atoms with Crippen LogP contribution in [0.5, 0.6) is 0 Å². The molecule has 0 aliphatic rings. The van der Waals surface area contributed by atoms with E-state index in [2.05, 4.69) is 167 Å². The molecule has 0 atom stereocenters. The van der Waals surface area contributed by atoms with Crippen LogP contribution in [-0.4, -0.2) is 4.57 Å². The second-order valence-corrected chi connectivity index (χ2v) is 14.0. The smallest absolute Gasteiger partial charge is 0.135 e. The maximum atomic E-state index is 6.29. The minimum atomic E-state index is 0.886. The molecule has 0 saturated heterocycles. The molecule has 3 nitrogen and oxygen atoms in total. The fraction of sp³-hybridized carbons (Fsp3) is 0. The number of hydrogen-bond acceptors (Lipinski definition) is 3. The fourth-order valence-corrected chi connectivity index (χ4v) is 9.04. The summed E-state index contributed by atoms with van der Waals surface area (Å²) in [5.41, 5.74) is 8.54. The number of hydrogen-bond donors (Lipinski definition) is 0. The number of para-hydroxylation sites is 4. The Bertz CT molecular complexity index is 3110. The van der Waals surface area contributed by atoms with E-state index >= 15 is 0 Å². The first-order chi connectivity index (χ1) is 24.8. The zero-order valence-electron chi connectivity index (χ0n) is 26.9. The maximum Gasteiger partial charge on any atom is 0.135 e. The number of thiophene rings is 1. The van der Waals surface area contributed by atoms with E-state index in [4.69, 9.17) is 4.42 Å². The molecular formula is C46H28N2OS. The number of furan rings is 1. The highest BCUT2D eigenvalue weighted by atomic mass is 32.1. The third-order valence-corrected chi connectivity index (χ3v) is 11.3. The van der Waals surface area contributed by atoms with Crippen molar-refractivity contribution in [2.24, 2.45) is 0 Å². The molecule has 234 valence electrons. The average molecular weight is 657 g/mol. The zero-order valence-corrected chi connectivity index (χ0v) is 27.7. The summed E-state index contributed by atoms with van der Waals surface area (Å²) in [5.74, 6) is 0. The second-order valence-electron chi connectivity index (χ2n) is 13.0. The van der Waals surface area contributed by atoms with Crippen LogP contribution < -0.4 is 4.90 Å². The lowest BCUT2D eigenvalue weighted by Gasteiger charge is -2.27. The van der Waals surface area contributed by atoms with E-state index in [1.165, 1.54) is 47.2 Å². The molecule has 0 unspecified atom stereocenters. The quantitative estimate of drug-likeness (QED) is 0.188. The number of anilines is 3. The minimum Gasteiger partial charge on any atom is -0.456 e. The Hall–Kier alpha value is -6.36. The van der Waals surface area contributed by atoms with Crippen LogP contribution in [-0.2, 0) is 0 Å². The monoisotopic (exact) mass is 656 g/mol. The van der Waals surface area contributed by atoms with Gasteiger partial charge in [0.15, 0.2) is 0 Å². The van der Waals surface area contributed by atoms with Gasteiger partial charge < -0.3 is 13.9 Å². The summed E-state index contributed by atoms with van der Waals surface area (Å²) in [6.45, 7) is 0. The van der Waals surface area contributed by atoms with E-state index in [0.717, 1.165) is 50.2 Å². The Balaban J connectivity index is 1.23. The van der Waals surface area contributed by atoms with Gasteiger partial charge in [0.05, 0.1) is 16.7 Å². The largest absolute Gasteiger partial charge is 0.456 e. The summed E-state index contributed by atoms with van der Waals surface area (Å²) in [6, 6.07) is 61.4. The van der Waals surface area contributed by atoms with Gasteiger partial charge in [0.1, 0.15) is 11.2 Å². The molecule has 8 aromatic carbocycles. The van der Waals surface area contributed by atoms with Crippen molar-refractivity contribution in [3.8, 4) is 5.69 Å². The van der Waals surface area contributed by atoms with Crippen LogP contribution in [0, 0.1) is 0 Å². The lowest BCUT2D eigenvalue weighted by molar-refractivity contribution is 0.669.